The van der Waals surface area contributed by atoms with E-state index < -0.39 is 44.3 Å². The number of nitrogens with one attached hydrogen (secondary N) is 1. The molecule has 0 saturated heterocycles. The quantitative estimate of drug-likeness (QED) is 0.870. The van der Waals surface area contributed by atoms with E-state index in [1.165, 1.54) is 0 Å². The molecule has 0 aromatic heterocycles. The Morgan fingerprint density at radius 2 is 2.00 bits per heavy atom. The summed E-state index contributed by atoms with van der Waals surface area (Å²) >= 11 is 5.42. The van der Waals surface area contributed by atoms with E-state index in [1.807, 2.05) is 0 Å². The Morgan fingerprint density at radius 3 is 2.45 bits per heavy atom. The molecule has 0 unspecified atom stereocenters. The second-order valence-corrected chi connectivity index (χ2v) is 6.17. The molecule has 9 heteroatoms. The van der Waals surface area contributed by atoms with Crippen molar-refractivity contribution in [1.29, 1.82) is 0 Å². The van der Waals surface area contributed by atoms with Crippen LogP contribution in [-0.2, 0) is 16.2 Å². The van der Waals surface area contributed by atoms with Crippen molar-refractivity contribution in [3.8, 4) is 0 Å². The third-order valence-corrected chi connectivity index (χ3v) is 4.44. The summed E-state index contributed by atoms with van der Waals surface area (Å²) in [6.07, 6.45) is -4.45. The topological polar surface area (TPSA) is 66.4 Å². The molecule has 4 nitrogen and oxygen atoms in total. The maximum absolute atomic E-state index is 12.7. The van der Waals surface area contributed by atoms with Gasteiger partial charge in [0.25, 0.3) is 0 Å². The molecule has 0 amide bonds. The van der Waals surface area contributed by atoms with Gasteiger partial charge in [0.1, 0.15) is 0 Å². The third kappa shape index (κ3) is 4.08. The fourth-order valence-corrected chi connectivity index (χ4v) is 2.99. The Balaban J connectivity index is 3.20. The molecule has 0 radical (unpaired) electrons. The molecule has 0 saturated carbocycles. The van der Waals surface area contributed by atoms with Gasteiger partial charge < -0.3 is 5.11 Å². The first kappa shape index (κ1) is 17.2. The summed E-state index contributed by atoms with van der Waals surface area (Å²) in [5.41, 5.74) is -1.22. The van der Waals surface area contributed by atoms with Gasteiger partial charge in [-0.1, -0.05) is 18.5 Å². The number of hydrogen-bond donors (Lipinski definition) is 2. The highest BCUT2D eigenvalue weighted by Gasteiger charge is 2.34. The van der Waals surface area contributed by atoms with Crippen molar-refractivity contribution >= 4 is 21.6 Å². The SMILES string of the molecule is CC[C@@H](CO)NS(=O)(=O)c1ccc(Cl)c(C(F)(F)F)c1. The third-order valence-electron chi connectivity index (χ3n) is 2.59. The molecule has 0 aliphatic heterocycles. The molecule has 2 N–H and O–H groups in total. The Labute approximate surface area is 119 Å². The van der Waals surface area contributed by atoms with E-state index in [4.69, 9.17) is 16.7 Å². The highest BCUT2D eigenvalue weighted by Crippen LogP contribution is 2.35. The van der Waals surface area contributed by atoms with Gasteiger partial charge >= 0.3 is 6.18 Å². The van der Waals surface area contributed by atoms with Crippen molar-refractivity contribution in [3.63, 3.8) is 0 Å². The van der Waals surface area contributed by atoms with E-state index in [2.05, 4.69) is 4.72 Å². The molecule has 20 heavy (non-hydrogen) atoms. The van der Waals surface area contributed by atoms with Gasteiger partial charge in [-0.05, 0) is 24.6 Å². The molecular weight excluding hydrogens is 319 g/mol. The molecule has 1 atom stereocenters. The van der Waals surface area contributed by atoms with Gasteiger partial charge in [0.2, 0.25) is 10.0 Å². The first-order valence-corrected chi connectivity index (χ1v) is 7.48. The number of aliphatic hydroxyl groups excluding tert-OH is 1. The van der Waals surface area contributed by atoms with Gasteiger partial charge in [-0.25, -0.2) is 13.1 Å². The molecule has 0 heterocycles. The van der Waals surface area contributed by atoms with Crippen molar-refractivity contribution < 1.29 is 26.7 Å². The lowest BCUT2D eigenvalue weighted by Crippen LogP contribution is -2.37. The fraction of sp³-hybridized carbons (Fsp3) is 0.455. The van der Waals surface area contributed by atoms with Crippen molar-refractivity contribution in [3.05, 3.63) is 28.8 Å². The molecule has 0 aliphatic carbocycles. The minimum absolute atomic E-state index is 0.301. The molecule has 1 aromatic rings. The van der Waals surface area contributed by atoms with Gasteiger partial charge in [-0.2, -0.15) is 13.2 Å². The van der Waals surface area contributed by atoms with Gasteiger partial charge in [0.15, 0.2) is 0 Å². The Morgan fingerprint density at radius 1 is 1.40 bits per heavy atom. The molecule has 114 valence electrons. The van der Waals surface area contributed by atoms with Crippen LogP contribution in [-0.4, -0.2) is 26.2 Å². The second-order valence-electron chi connectivity index (χ2n) is 4.05. The molecule has 1 aromatic carbocycles. The lowest BCUT2D eigenvalue weighted by molar-refractivity contribution is -0.137. The smallest absolute Gasteiger partial charge is 0.395 e. The summed E-state index contributed by atoms with van der Waals surface area (Å²) in [7, 11) is -4.15. The minimum Gasteiger partial charge on any atom is -0.395 e. The summed E-state index contributed by atoms with van der Waals surface area (Å²) in [5.74, 6) is 0. The van der Waals surface area contributed by atoms with Crippen LogP contribution in [0.25, 0.3) is 0 Å². The highest BCUT2D eigenvalue weighted by molar-refractivity contribution is 7.89. The lowest BCUT2D eigenvalue weighted by atomic mass is 10.2. The van der Waals surface area contributed by atoms with E-state index >= 15 is 0 Å². The van der Waals surface area contributed by atoms with Crippen LogP contribution in [0.15, 0.2) is 23.1 Å². The predicted octanol–water partition coefficient (Wildman–Crippen LogP) is 2.41. The number of benzene rings is 1. The van der Waals surface area contributed by atoms with Crippen LogP contribution >= 0.6 is 11.6 Å². The van der Waals surface area contributed by atoms with Crippen molar-refractivity contribution in [2.45, 2.75) is 30.5 Å². The number of hydrogen-bond acceptors (Lipinski definition) is 3. The van der Waals surface area contributed by atoms with Crippen LogP contribution < -0.4 is 4.72 Å². The number of halogens is 4. The van der Waals surface area contributed by atoms with E-state index in [0.29, 0.717) is 12.5 Å². The summed E-state index contributed by atoms with van der Waals surface area (Å²) in [6.45, 7) is 1.18. The normalized spacial score (nSPS) is 14.3. The number of alkyl halides is 3. The maximum Gasteiger partial charge on any atom is 0.417 e. The number of sulfonamides is 1. The lowest BCUT2D eigenvalue weighted by Gasteiger charge is -2.16. The van der Waals surface area contributed by atoms with Crippen LogP contribution in [0.3, 0.4) is 0 Å². The summed E-state index contributed by atoms with van der Waals surface area (Å²) < 4.78 is 64.0. The van der Waals surface area contributed by atoms with E-state index in [1.54, 1.807) is 6.92 Å². The zero-order chi connectivity index (χ0) is 15.6. The summed E-state index contributed by atoms with van der Waals surface area (Å²) in [4.78, 5) is -0.555. The Bertz CT molecular complexity index is 571. The largest absolute Gasteiger partial charge is 0.417 e. The standard InChI is InChI=1S/C11H13ClF3NO3S/c1-2-7(6-17)16-20(18,19)8-3-4-10(12)9(5-8)11(13,14)15/h3-5,7,16-17H,2,6H2,1H3/t7-/m0/s1. The predicted molar refractivity (Wildman–Crippen MR) is 67.9 cm³/mol. The zero-order valence-electron chi connectivity index (χ0n) is 10.4. The van der Waals surface area contributed by atoms with Crippen LogP contribution in [0.1, 0.15) is 18.9 Å². The van der Waals surface area contributed by atoms with Crippen molar-refractivity contribution in [2.24, 2.45) is 0 Å². The van der Waals surface area contributed by atoms with E-state index in [9.17, 15) is 21.6 Å². The minimum atomic E-state index is -4.75. The molecule has 1 rings (SSSR count). The number of aliphatic hydroxyl groups is 1. The first-order chi connectivity index (χ1) is 9.11. The second kappa shape index (κ2) is 6.30. The summed E-state index contributed by atoms with van der Waals surface area (Å²) in [5, 5.41) is 8.36. The van der Waals surface area contributed by atoms with Crippen LogP contribution in [0.5, 0.6) is 0 Å². The average molecular weight is 332 g/mol. The van der Waals surface area contributed by atoms with Crippen molar-refractivity contribution in [1.82, 2.24) is 4.72 Å². The first-order valence-electron chi connectivity index (χ1n) is 5.61. The molecular formula is C11H13ClF3NO3S. The van der Waals surface area contributed by atoms with Crippen molar-refractivity contribution in [2.75, 3.05) is 6.61 Å². The van der Waals surface area contributed by atoms with Gasteiger partial charge in [0, 0.05) is 6.04 Å². The highest BCUT2D eigenvalue weighted by atomic mass is 35.5. The van der Waals surface area contributed by atoms with E-state index in [0.717, 1.165) is 12.1 Å². The van der Waals surface area contributed by atoms with Gasteiger partial charge in [0.05, 0.1) is 22.1 Å². The van der Waals surface area contributed by atoms with Crippen LogP contribution in [0, 0.1) is 0 Å². The van der Waals surface area contributed by atoms with E-state index in [-0.39, 0.29) is 0 Å². The van der Waals surface area contributed by atoms with Crippen LogP contribution in [0.4, 0.5) is 13.2 Å². The van der Waals surface area contributed by atoms with Gasteiger partial charge in [-0.3, -0.25) is 0 Å². The molecule has 0 spiro atoms. The molecule has 0 aliphatic rings. The molecule has 0 bridgehead atoms. The summed E-state index contributed by atoms with van der Waals surface area (Å²) in [6, 6.07) is 1.56. The average Bonchev–Trinajstić information content (AvgIpc) is 2.34. The van der Waals surface area contributed by atoms with Gasteiger partial charge in [-0.15, -0.1) is 0 Å². The number of rotatable bonds is 5. The fourth-order valence-electron chi connectivity index (χ4n) is 1.43. The Kier molecular flexibility index (Phi) is 5.42. The zero-order valence-corrected chi connectivity index (χ0v) is 12.0. The monoisotopic (exact) mass is 331 g/mol. The van der Waals surface area contributed by atoms with Crippen LogP contribution in [0.2, 0.25) is 5.02 Å². The maximum atomic E-state index is 12.7. The Hall–Kier alpha value is -0.830. The molecule has 0 fully saturated rings.